The molecule has 1 aliphatic carbocycles. The van der Waals surface area contributed by atoms with Crippen LogP contribution >= 0.6 is 0 Å². The van der Waals surface area contributed by atoms with Crippen LogP contribution in [0.5, 0.6) is 0 Å². The Kier molecular flexibility index (Phi) is 3.50. The van der Waals surface area contributed by atoms with Crippen LogP contribution in [0.3, 0.4) is 0 Å². The van der Waals surface area contributed by atoms with E-state index in [0.717, 1.165) is 12.8 Å². The van der Waals surface area contributed by atoms with Crippen molar-refractivity contribution in [2.24, 2.45) is 0 Å². The molecule has 1 aromatic rings. The normalized spacial score (nSPS) is 13.8. The highest BCUT2D eigenvalue weighted by Crippen LogP contribution is 2.18. The summed E-state index contributed by atoms with van der Waals surface area (Å²) in [6.45, 7) is 0.513. The summed E-state index contributed by atoms with van der Waals surface area (Å²) in [6.07, 6.45) is 5.49. The van der Waals surface area contributed by atoms with Gasteiger partial charge in [0.05, 0.1) is 12.4 Å². The second-order valence-electron chi connectivity index (χ2n) is 3.92. The predicted octanol–water partition coefficient (Wildman–Crippen LogP) is 0.429. The van der Waals surface area contributed by atoms with Crippen LogP contribution in [0.25, 0.3) is 0 Å². The number of carbonyl (C=O) groups excluding carboxylic acids is 1. The summed E-state index contributed by atoms with van der Waals surface area (Å²) in [5.41, 5.74) is 0.280. The Morgan fingerprint density at radius 1 is 1.47 bits per heavy atom. The van der Waals surface area contributed by atoms with E-state index in [-0.39, 0.29) is 11.6 Å². The molecule has 6 nitrogen and oxygen atoms in total. The largest absolute Gasteiger partial charge is 0.368 e. The van der Waals surface area contributed by atoms with Crippen LogP contribution in [0.1, 0.15) is 25.0 Å². The fourth-order valence-corrected chi connectivity index (χ4v) is 1.31. The number of anilines is 1. The number of nitriles is 1. The maximum atomic E-state index is 11.4. The van der Waals surface area contributed by atoms with Gasteiger partial charge in [0.25, 0.3) is 0 Å². The first-order valence-electron chi connectivity index (χ1n) is 5.53. The fourth-order valence-electron chi connectivity index (χ4n) is 1.31. The molecule has 1 amide bonds. The van der Waals surface area contributed by atoms with Crippen LogP contribution < -0.4 is 10.6 Å². The lowest BCUT2D eigenvalue weighted by atomic mass is 10.4. The van der Waals surface area contributed by atoms with E-state index < -0.39 is 0 Å². The van der Waals surface area contributed by atoms with Crippen molar-refractivity contribution in [1.29, 1.82) is 5.26 Å². The molecule has 1 aliphatic rings. The first kappa shape index (κ1) is 11.3. The van der Waals surface area contributed by atoms with E-state index in [1.165, 1.54) is 12.4 Å². The van der Waals surface area contributed by atoms with Gasteiger partial charge in [-0.2, -0.15) is 5.26 Å². The minimum absolute atomic E-state index is 0.0570. The van der Waals surface area contributed by atoms with Gasteiger partial charge in [-0.15, -0.1) is 0 Å². The van der Waals surface area contributed by atoms with E-state index in [1.807, 2.05) is 6.07 Å². The highest BCUT2D eigenvalue weighted by atomic mass is 16.1. The molecule has 6 heteroatoms. The van der Waals surface area contributed by atoms with Gasteiger partial charge < -0.3 is 10.6 Å². The van der Waals surface area contributed by atoms with Crippen molar-refractivity contribution in [3.05, 3.63) is 18.1 Å². The third kappa shape index (κ3) is 3.72. The van der Waals surface area contributed by atoms with Gasteiger partial charge in [-0.25, -0.2) is 9.97 Å². The third-order valence-electron chi connectivity index (χ3n) is 2.37. The molecule has 2 rings (SSSR count). The number of nitrogens with one attached hydrogen (secondary N) is 2. The van der Waals surface area contributed by atoms with E-state index in [2.05, 4.69) is 20.6 Å². The molecule has 1 fully saturated rings. The second-order valence-corrected chi connectivity index (χ2v) is 3.92. The van der Waals surface area contributed by atoms with Crippen LogP contribution in [-0.2, 0) is 4.79 Å². The Morgan fingerprint density at radius 3 is 2.88 bits per heavy atom. The topological polar surface area (TPSA) is 90.7 Å². The number of hydrogen-bond acceptors (Lipinski definition) is 5. The molecule has 88 valence electrons. The van der Waals surface area contributed by atoms with Crippen LogP contribution in [0.15, 0.2) is 12.4 Å². The van der Waals surface area contributed by atoms with Gasteiger partial charge in [-0.05, 0) is 12.8 Å². The molecule has 0 radical (unpaired) electrons. The molecular formula is C11H13N5O. The number of rotatable bonds is 5. The smallest absolute Gasteiger partial charge is 0.221 e. The van der Waals surface area contributed by atoms with Crippen molar-refractivity contribution in [3.63, 3.8) is 0 Å². The molecular weight excluding hydrogens is 218 g/mol. The molecule has 0 bridgehead atoms. The summed E-state index contributed by atoms with van der Waals surface area (Å²) in [6, 6.07) is 2.29. The zero-order valence-corrected chi connectivity index (χ0v) is 9.31. The Hall–Kier alpha value is -2.16. The minimum atomic E-state index is 0.0570. The molecule has 1 heterocycles. The quantitative estimate of drug-likeness (QED) is 0.766. The van der Waals surface area contributed by atoms with Crippen molar-refractivity contribution < 1.29 is 4.79 Å². The summed E-state index contributed by atoms with van der Waals surface area (Å²) >= 11 is 0. The van der Waals surface area contributed by atoms with Crippen molar-refractivity contribution >= 4 is 11.7 Å². The average molecular weight is 231 g/mol. The standard InChI is InChI=1S/C11H13N5O/c12-5-9-6-15-10(7-14-9)13-4-3-11(17)16-8-1-2-8/h6-8H,1-4H2,(H,13,15)(H,16,17). The van der Waals surface area contributed by atoms with Crippen LogP contribution in [0.2, 0.25) is 0 Å². The number of aromatic nitrogens is 2. The van der Waals surface area contributed by atoms with Crippen LogP contribution in [-0.4, -0.2) is 28.5 Å². The van der Waals surface area contributed by atoms with E-state index in [9.17, 15) is 4.79 Å². The molecule has 0 atom stereocenters. The number of amides is 1. The maximum Gasteiger partial charge on any atom is 0.221 e. The molecule has 0 spiro atoms. The van der Waals surface area contributed by atoms with Gasteiger partial charge in [-0.3, -0.25) is 4.79 Å². The predicted molar refractivity (Wildman–Crippen MR) is 61.0 cm³/mol. The summed E-state index contributed by atoms with van der Waals surface area (Å²) in [5, 5.41) is 14.4. The summed E-state index contributed by atoms with van der Waals surface area (Å²) in [4.78, 5) is 19.2. The van der Waals surface area contributed by atoms with E-state index >= 15 is 0 Å². The Morgan fingerprint density at radius 2 is 2.29 bits per heavy atom. The minimum Gasteiger partial charge on any atom is -0.368 e. The van der Waals surface area contributed by atoms with Gasteiger partial charge >= 0.3 is 0 Å². The van der Waals surface area contributed by atoms with E-state index in [1.54, 1.807) is 0 Å². The van der Waals surface area contributed by atoms with E-state index in [4.69, 9.17) is 5.26 Å². The Bertz CT molecular complexity index is 432. The van der Waals surface area contributed by atoms with Crippen molar-refractivity contribution in [3.8, 4) is 6.07 Å². The molecule has 0 unspecified atom stereocenters. The molecule has 1 saturated carbocycles. The zero-order valence-electron chi connectivity index (χ0n) is 9.31. The van der Waals surface area contributed by atoms with Crippen molar-refractivity contribution in [2.75, 3.05) is 11.9 Å². The molecule has 17 heavy (non-hydrogen) atoms. The van der Waals surface area contributed by atoms with Gasteiger partial charge in [0, 0.05) is 19.0 Å². The summed E-state index contributed by atoms with van der Waals surface area (Å²) in [5.74, 6) is 0.629. The monoisotopic (exact) mass is 231 g/mol. The lowest BCUT2D eigenvalue weighted by molar-refractivity contribution is -0.120. The highest BCUT2D eigenvalue weighted by molar-refractivity contribution is 5.77. The van der Waals surface area contributed by atoms with Crippen LogP contribution in [0.4, 0.5) is 5.82 Å². The molecule has 0 aliphatic heterocycles. The first-order valence-corrected chi connectivity index (χ1v) is 5.53. The molecule has 1 aromatic heterocycles. The Balaban J connectivity index is 1.69. The zero-order chi connectivity index (χ0) is 12.1. The average Bonchev–Trinajstić information content (AvgIpc) is 3.14. The second kappa shape index (κ2) is 5.25. The number of nitrogens with zero attached hydrogens (tertiary/aromatic N) is 3. The maximum absolute atomic E-state index is 11.4. The van der Waals surface area contributed by atoms with Crippen molar-refractivity contribution in [1.82, 2.24) is 15.3 Å². The summed E-state index contributed by atoms with van der Waals surface area (Å²) in [7, 11) is 0. The van der Waals surface area contributed by atoms with E-state index in [0.29, 0.717) is 24.8 Å². The van der Waals surface area contributed by atoms with Gasteiger partial charge in [0.1, 0.15) is 11.9 Å². The number of carbonyl (C=O) groups is 1. The highest BCUT2D eigenvalue weighted by Gasteiger charge is 2.22. The van der Waals surface area contributed by atoms with Gasteiger partial charge in [-0.1, -0.05) is 0 Å². The fraction of sp³-hybridized carbons (Fsp3) is 0.455. The number of hydrogen-bond donors (Lipinski definition) is 2. The van der Waals surface area contributed by atoms with Crippen LogP contribution in [0, 0.1) is 11.3 Å². The Labute approximate surface area is 99.1 Å². The van der Waals surface area contributed by atoms with Gasteiger partial charge in [0.15, 0.2) is 5.69 Å². The SMILES string of the molecule is N#Cc1cnc(NCCC(=O)NC2CC2)cn1. The van der Waals surface area contributed by atoms with Crippen molar-refractivity contribution in [2.45, 2.75) is 25.3 Å². The summed E-state index contributed by atoms with van der Waals surface area (Å²) < 4.78 is 0. The first-order chi connectivity index (χ1) is 8.28. The molecule has 0 aromatic carbocycles. The molecule has 0 saturated heterocycles. The van der Waals surface area contributed by atoms with Gasteiger partial charge in [0.2, 0.25) is 5.91 Å². The third-order valence-corrected chi connectivity index (χ3v) is 2.37. The molecule has 2 N–H and O–H groups in total. The lowest BCUT2D eigenvalue weighted by Crippen LogP contribution is -2.27. The lowest BCUT2D eigenvalue weighted by Gasteiger charge is -2.05.